The van der Waals surface area contributed by atoms with Gasteiger partial charge in [-0.3, -0.25) is 14.5 Å². The lowest BCUT2D eigenvalue weighted by Gasteiger charge is -2.38. The van der Waals surface area contributed by atoms with E-state index in [0.29, 0.717) is 6.61 Å². The maximum Gasteiger partial charge on any atom is 0.247 e. The number of hydroxylamine groups is 1. The number of carbonyl (C=O) groups is 1. The second kappa shape index (κ2) is 9.65. The van der Waals surface area contributed by atoms with E-state index in [4.69, 9.17) is 9.57 Å². The molecule has 1 amide bonds. The topological polar surface area (TPSA) is 42.0 Å². The van der Waals surface area contributed by atoms with Crippen LogP contribution in [0.3, 0.4) is 0 Å². The van der Waals surface area contributed by atoms with Crippen molar-refractivity contribution in [3.05, 3.63) is 66.2 Å². The second-order valence-electron chi connectivity index (χ2n) is 6.99. The fourth-order valence-electron chi connectivity index (χ4n) is 3.55. The lowest BCUT2D eigenvalue weighted by atomic mass is 9.94. The van der Waals surface area contributed by atoms with Crippen LogP contribution in [0.15, 0.2) is 60.7 Å². The molecule has 0 N–H and O–H groups in total. The molecular formula is C22H28N2O3. The predicted octanol–water partition coefficient (Wildman–Crippen LogP) is 3.51. The summed E-state index contributed by atoms with van der Waals surface area (Å²) in [5, 5.41) is 1.38. The molecule has 0 saturated carbocycles. The van der Waals surface area contributed by atoms with Crippen LogP contribution in [0.5, 0.6) is 0 Å². The molecule has 2 atom stereocenters. The fourth-order valence-corrected chi connectivity index (χ4v) is 3.55. The molecule has 1 fully saturated rings. The number of nitrogens with zero attached hydrogens (tertiary/aromatic N) is 2. The van der Waals surface area contributed by atoms with Crippen LogP contribution >= 0.6 is 0 Å². The zero-order chi connectivity index (χ0) is 19.1. The number of para-hydroxylation sites is 1. The van der Waals surface area contributed by atoms with Gasteiger partial charge in [-0.2, -0.15) is 5.06 Å². The lowest BCUT2D eigenvalue weighted by Crippen LogP contribution is -2.46. The van der Waals surface area contributed by atoms with Crippen LogP contribution in [0.4, 0.5) is 5.69 Å². The average molecular weight is 368 g/mol. The number of rotatable bonds is 7. The third kappa shape index (κ3) is 5.39. The van der Waals surface area contributed by atoms with Crippen molar-refractivity contribution < 1.29 is 14.4 Å². The Bertz CT molecular complexity index is 708. The van der Waals surface area contributed by atoms with Crippen molar-refractivity contribution in [2.45, 2.75) is 26.0 Å². The summed E-state index contributed by atoms with van der Waals surface area (Å²) in [5.41, 5.74) is 2.06. The summed E-state index contributed by atoms with van der Waals surface area (Å²) in [7, 11) is 1.75. The third-order valence-corrected chi connectivity index (χ3v) is 5.03. The number of carbonyl (C=O) groups excluding carboxylic acids is 1. The van der Waals surface area contributed by atoms with E-state index in [1.165, 1.54) is 17.6 Å². The minimum Gasteiger partial charge on any atom is -0.380 e. The molecule has 2 aromatic rings. The van der Waals surface area contributed by atoms with Gasteiger partial charge in [0.1, 0.15) is 0 Å². The third-order valence-electron chi connectivity index (χ3n) is 5.03. The van der Waals surface area contributed by atoms with Crippen molar-refractivity contribution in [1.82, 2.24) is 4.90 Å². The summed E-state index contributed by atoms with van der Waals surface area (Å²) in [4.78, 5) is 20.3. The standard InChI is InChI=1S/C22H28N2O3/c1-18(25)24(21-11-7-4-8-12-21)27-17-20-13-14-23(16-22(20)26-2)15-19-9-5-3-6-10-19/h3-12,20,22H,13-17H2,1-2H3/t20-,22-/m1/s1. The summed E-state index contributed by atoms with van der Waals surface area (Å²) < 4.78 is 5.75. The highest BCUT2D eigenvalue weighted by Gasteiger charge is 2.30. The van der Waals surface area contributed by atoms with Crippen LogP contribution in [-0.2, 0) is 20.9 Å². The van der Waals surface area contributed by atoms with E-state index in [9.17, 15) is 4.79 Å². The molecule has 0 radical (unpaired) electrons. The first-order valence-corrected chi connectivity index (χ1v) is 9.45. The van der Waals surface area contributed by atoms with Gasteiger partial charge in [-0.05, 0) is 30.7 Å². The number of amides is 1. The van der Waals surface area contributed by atoms with E-state index < -0.39 is 0 Å². The lowest BCUT2D eigenvalue weighted by molar-refractivity contribution is -0.126. The molecule has 0 bridgehead atoms. The Morgan fingerprint density at radius 3 is 2.41 bits per heavy atom. The molecule has 0 spiro atoms. The van der Waals surface area contributed by atoms with Crippen molar-refractivity contribution in [2.24, 2.45) is 5.92 Å². The SMILES string of the molecule is CO[C@@H]1CN(Cc2ccccc2)CC[C@@H]1CON(C(C)=O)c1ccccc1. The molecule has 0 unspecified atom stereocenters. The molecule has 5 heteroatoms. The molecule has 1 heterocycles. The Kier molecular flexibility index (Phi) is 6.98. The summed E-state index contributed by atoms with van der Waals surface area (Å²) >= 11 is 0. The highest BCUT2D eigenvalue weighted by molar-refractivity contribution is 5.89. The molecule has 3 rings (SSSR count). The van der Waals surface area contributed by atoms with Gasteiger partial charge in [0.25, 0.3) is 0 Å². The molecule has 2 aromatic carbocycles. The normalized spacial score (nSPS) is 20.4. The number of hydrogen-bond donors (Lipinski definition) is 0. The highest BCUT2D eigenvalue weighted by atomic mass is 16.7. The minimum atomic E-state index is -0.128. The van der Waals surface area contributed by atoms with E-state index in [1.54, 1.807) is 7.11 Å². The highest BCUT2D eigenvalue weighted by Crippen LogP contribution is 2.24. The van der Waals surface area contributed by atoms with E-state index in [1.807, 2.05) is 36.4 Å². The molecule has 1 saturated heterocycles. The maximum absolute atomic E-state index is 12.0. The first-order valence-electron chi connectivity index (χ1n) is 9.45. The summed E-state index contributed by atoms with van der Waals surface area (Å²) in [6.07, 6.45) is 1.07. The van der Waals surface area contributed by atoms with Gasteiger partial charge in [0.05, 0.1) is 18.4 Å². The average Bonchev–Trinajstić information content (AvgIpc) is 2.70. The number of likely N-dealkylation sites (tertiary alicyclic amines) is 1. The fraction of sp³-hybridized carbons (Fsp3) is 0.409. The van der Waals surface area contributed by atoms with E-state index in [2.05, 4.69) is 29.2 Å². The summed E-state index contributed by atoms with van der Waals surface area (Å²) in [6.45, 7) is 4.77. The molecule has 0 aromatic heterocycles. The van der Waals surface area contributed by atoms with E-state index in [-0.39, 0.29) is 17.9 Å². The van der Waals surface area contributed by atoms with Crippen molar-refractivity contribution in [3.63, 3.8) is 0 Å². The Balaban J connectivity index is 1.56. The van der Waals surface area contributed by atoms with Gasteiger partial charge in [-0.15, -0.1) is 0 Å². The molecule has 1 aliphatic heterocycles. The van der Waals surface area contributed by atoms with Gasteiger partial charge in [0, 0.05) is 33.0 Å². The zero-order valence-electron chi connectivity index (χ0n) is 16.1. The predicted molar refractivity (Wildman–Crippen MR) is 106 cm³/mol. The van der Waals surface area contributed by atoms with Crippen LogP contribution in [0.25, 0.3) is 0 Å². The molecule has 0 aliphatic carbocycles. The molecule has 144 valence electrons. The number of methoxy groups -OCH3 is 1. The molecule has 27 heavy (non-hydrogen) atoms. The number of benzene rings is 2. The van der Waals surface area contributed by atoms with Gasteiger partial charge in [0.15, 0.2) is 0 Å². The largest absolute Gasteiger partial charge is 0.380 e. The van der Waals surface area contributed by atoms with Crippen molar-refractivity contribution in [3.8, 4) is 0 Å². The van der Waals surface area contributed by atoms with Crippen molar-refractivity contribution in [2.75, 3.05) is 31.9 Å². The van der Waals surface area contributed by atoms with E-state index >= 15 is 0 Å². The zero-order valence-corrected chi connectivity index (χ0v) is 16.1. The minimum absolute atomic E-state index is 0.0899. The van der Waals surface area contributed by atoms with Crippen molar-refractivity contribution >= 4 is 11.6 Å². The monoisotopic (exact) mass is 368 g/mol. The Morgan fingerprint density at radius 1 is 1.11 bits per heavy atom. The first-order chi connectivity index (χ1) is 13.2. The quantitative estimate of drug-likeness (QED) is 0.702. The molecule has 5 nitrogen and oxygen atoms in total. The Morgan fingerprint density at radius 2 is 1.78 bits per heavy atom. The first kappa shape index (κ1) is 19.5. The van der Waals surface area contributed by atoms with Crippen LogP contribution in [-0.4, -0.2) is 43.7 Å². The smallest absolute Gasteiger partial charge is 0.247 e. The van der Waals surface area contributed by atoms with Crippen LogP contribution in [0.2, 0.25) is 0 Å². The number of anilines is 1. The van der Waals surface area contributed by atoms with Crippen LogP contribution in [0.1, 0.15) is 18.9 Å². The Labute approximate surface area is 161 Å². The number of ether oxygens (including phenoxy) is 1. The second-order valence-corrected chi connectivity index (χ2v) is 6.99. The number of hydrogen-bond acceptors (Lipinski definition) is 4. The van der Waals surface area contributed by atoms with Gasteiger partial charge in [0.2, 0.25) is 5.91 Å². The van der Waals surface area contributed by atoms with Gasteiger partial charge in [-0.25, -0.2) is 0 Å². The summed E-state index contributed by atoms with van der Waals surface area (Å²) in [5.74, 6) is 0.129. The van der Waals surface area contributed by atoms with Crippen LogP contribution in [0, 0.1) is 5.92 Å². The summed E-state index contributed by atoms with van der Waals surface area (Å²) in [6, 6.07) is 20.0. The maximum atomic E-state index is 12.0. The number of piperidine rings is 1. The molecule has 1 aliphatic rings. The van der Waals surface area contributed by atoms with Gasteiger partial charge in [-0.1, -0.05) is 48.5 Å². The van der Waals surface area contributed by atoms with Crippen LogP contribution < -0.4 is 5.06 Å². The van der Waals surface area contributed by atoms with E-state index in [0.717, 1.165) is 31.7 Å². The Hall–Kier alpha value is -2.21. The molecular weight excluding hydrogens is 340 g/mol. The van der Waals surface area contributed by atoms with Crippen molar-refractivity contribution in [1.29, 1.82) is 0 Å². The van der Waals surface area contributed by atoms with Gasteiger partial charge < -0.3 is 4.74 Å². The van der Waals surface area contributed by atoms with Gasteiger partial charge >= 0.3 is 0 Å².